The second-order valence-corrected chi connectivity index (χ2v) is 0. The van der Waals surface area contributed by atoms with Crippen molar-refractivity contribution in [3.63, 3.8) is 0 Å². The summed E-state index contributed by atoms with van der Waals surface area (Å²) < 4.78 is 0. The molecule has 100 valence electrons. The van der Waals surface area contributed by atoms with Crippen molar-refractivity contribution in [2.75, 3.05) is 0 Å². The average molecular weight is 757 g/mol. The normalized spacial score (nSPS) is 0. The molecule has 0 radical (unpaired) electrons. The molecule has 0 bridgehead atoms. The van der Waals surface area contributed by atoms with Crippen molar-refractivity contribution in [3.05, 3.63) is 0 Å². The first-order valence-electron chi connectivity index (χ1n) is 0. The zero-order valence-corrected chi connectivity index (χ0v) is 29.0. The summed E-state index contributed by atoms with van der Waals surface area (Å²) in [5.74, 6) is 0. The SMILES string of the molecule is B.B.[Al+3].[Al+3].[Ga+3].[Ga+3].[In+3].[In+3].[O-2].[O-2].[O-2].[O-2].[O-2].[O-2].[O-2].[O-2].[O-2].[O-2].[O-2].[Zn+2].[Zn+2]. The predicted molar refractivity (Wildman–Crippen MR) is 62.0 cm³/mol. The molecule has 0 aromatic carbocycles. The molecule has 0 unspecified atom stereocenters. The van der Waals surface area contributed by atoms with Crippen molar-refractivity contribution in [1.29, 1.82) is 0 Å². The van der Waals surface area contributed by atoms with Crippen LogP contribution in [0.5, 0.6) is 0 Å². The summed E-state index contributed by atoms with van der Waals surface area (Å²) in [6.07, 6.45) is 0. The minimum absolute atomic E-state index is 0. The standard InChI is InChI=1S/2Al.2BH3.2Ga.2In.11O.2Zn/h;;2*1H3;;;;;;;;;;;;;;;;;/q2*+3;;;4*+3;11*-2;2*+2. The van der Waals surface area contributed by atoms with Crippen molar-refractivity contribution < 1.29 is 99.2 Å². The molecule has 0 aliphatic rings. The third kappa shape index (κ3) is 527. The topological polar surface area (TPSA) is 314 Å². The van der Waals surface area contributed by atoms with Crippen molar-refractivity contribution in [2.24, 2.45) is 0 Å². The van der Waals surface area contributed by atoms with Gasteiger partial charge in [-0.25, -0.2) is 0 Å². The molecule has 11 nitrogen and oxygen atoms in total. The first-order chi connectivity index (χ1) is 0. The fourth-order valence-electron chi connectivity index (χ4n) is 0. The molecule has 0 saturated heterocycles. The Morgan fingerprint density at radius 2 is 0.286 bits per heavy atom. The van der Waals surface area contributed by atoms with E-state index in [1.807, 2.05) is 0 Å². The summed E-state index contributed by atoms with van der Waals surface area (Å²) >= 11 is 0. The van der Waals surface area contributed by atoms with Crippen LogP contribution in [0, 0.1) is 0 Å². The third-order valence-corrected chi connectivity index (χ3v) is 0. The Bertz CT molecular complexity index is 44.2. The largest absolute Gasteiger partial charge is 3.00 e. The van der Waals surface area contributed by atoms with Crippen LogP contribution in [0.4, 0.5) is 0 Å². The van der Waals surface area contributed by atoms with Crippen LogP contribution in [-0.4, -0.2) is 143 Å². The Hall–Kier alpha value is 5.01. The van der Waals surface area contributed by atoms with Crippen LogP contribution in [0.25, 0.3) is 0 Å². The molecule has 0 spiro atoms. The molecule has 21 heteroatoms. The van der Waals surface area contributed by atoms with Gasteiger partial charge in [0.25, 0.3) is 0 Å². The van der Waals surface area contributed by atoms with E-state index in [2.05, 4.69) is 0 Å². The van der Waals surface area contributed by atoms with Gasteiger partial charge in [-0.15, -0.1) is 0 Å². The smallest absolute Gasteiger partial charge is 2.00 e. The Morgan fingerprint density at radius 1 is 0.286 bits per heavy atom. The van der Waals surface area contributed by atoms with Gasteiger partial charge in [0.15, 0.2) is 0 Å². The van der Waals surface area contributed by atoms with E-state index in [0.29, 0.717) is 0 Å². The summed E-state index contributed by atoms with van der Waals surface area (Å²) in [4.78, 5) is 0. The van der Waals surface area contributed by atoms with Gasteiger partial charge >= 0.3 is 165 Å². The van der Waals surface area contributed by atoms with E-state index >= 15 is 0 Å². The fraction of sp³-hybridized carbons (Fsp3) is 0. The number of hydrogen-bond acceptors (Lipinski definition) is 0. The summed E-state index contributed by atoms with van der Waals surface area (Å²) in [6, 6.07) is 0. The van der Waals surface area contributed by atoms with E-state index in [9.17, 15) is 0 Å². The van der Waals surface area contributed by atoms with Gasteiger partial charge in [-0.3, -0.25) is 0 Å². The molecule has 0 atom stereocenters. The minimum atomic E-state index is 0. The fourth-order valence-corrected chi connectivity index (χ4v) is 0. The predicted octanol–water partition coefficient (Wildman–Crippen LogP) is -5.96. The van der Waals surface area contributed by atoms with Crippen LogP contribution >= 0.6 is 0 Å². The second kappa shape index (κ2) is 574. The maximum Gasteiger partial charge on any atom is 3.00 e. The summed E-state index contributed by atoms with van der Waals surface area (Å²) in [5, 5.41) is 0. The molecule has 0 N–H and O–H groups in total. The molecule has 0 amide bonds. The molecule has 0 heterocycles. The Morgan fingerprint density at radius 3 is 0.286 bits per heavy atom. The molecule has 0 aliphatic carbocycles. The molecule has 0 aromatic rings. The van der Waals surface area contributed by atoms with Crippen LogP contribution in [0.3, 0.4) is 0 Å². The van der Waals surface area contributed by atoms with E-state index < -0.39 is 0 Å². The van der Waals surface area contributed by atoms with E-state index in [1.165, 1.54) is 0 Å². The summed E-state index contributed by atoms with van der Waals surface area (Å²) in [7, 11) is 0. The monoisotopic (exact) mass is 753 g/mol. The van der Waals surface area contributed by atoms with Gasteiger partial charge in [0.2, 0.25) is 0 Å². The zero-order chi connectivity index (χ0) is 0. The van der Waals surface area contributed by atoms with Gasteiger partial charge < -0.3 is 60.2 Å². The second-order valence-electron chi connectivity index (χ2n) is 0. The van der Waals surface area contributed by atoms with Crippen molar-refractivity contribution in [1.82, 2.24) is 0 Å². The summed E-state index contributed by atoms with van der Waals surface area (Å²) in [6.45, 7) is 0. The first kappa shape index (κ1) is 647. The van der Waals surface area contributed by atoms with Crippen LogP contribution in [0.2, 0.25) is 0 Å². The number of rotatable bonds is 0. The van der Waals surface area contributed by atoms with Gasteiger partial charge in [0.1, 0.15) is 0 Å². The molecule has 0 aromatic heterocycles. The molecule has 21 heavy (non-hydrogen) atoms. The van der Waals surface area contributed by atoms with E-state index in [4.69, 9.17) is 0 Å². The van der Waals surface area contributed by atoms with Crippen molar-refractivity contribution in [3.8, 4) is 0 Å². The van der Waals surface area contributed by atoms with Crippen LogP contribution in [-0.2, 0) is 99.2 Å². The van der Waals surface area contributed by atoms with Crippen molar-refractivity contribution >= 4 is 143 Å². The van der Waals surface area contributed by atoms with Gasteiger partial charge in [-0.1, -0.05) is 0 Å². The minimum Gasteiger partial charge on any atom is -2.00 e. The Balaban J connectivity index is 0. The van der Waals surface area contributed by atoms with E-state index in [1.54, 1.807) is 0 Å². The quantitative estimate of drug-likeness (QED) is 0.209. The van der Waals surface area contributed by atoms with Gasteiger partial charge in [-0.2, -0.15) is 0 Å². The van der Waals surface area contributed by atoms with Crippen molar-refractivity contribution in [2.45, 2.75) is 0 Å². The maximum absolute atomic E-state index is 0. The zero-order valence-electron chi connectivity index (χ0n) is 9.37. The summed E-state index contributed by atoms with van der Waals surface area (Å²) in [5.41, 5.74) is 0. The molecule has 0 rings (SSSR count). The molecule has 0 aliphatic heterocycles. The van der Waals surface area contributed by atoms with Crippen LogP contribution in [0.15, 0.2) is 0 Å². The van der Waals surface area contributed by atoms with E-state index in [0.717, 1.165) is 0 Å². The molecule has 0 fully saturated rings. The third-order valence-electron chi connectivity index (χ3n) is 0. The number of hydrogen-bond donors (Lipinski definition) is 0. The van der Waals surface area contributed by atoms with Gasteiger partial charge in [-0.05, 0) is 0 Å². The maximum atomic E-state index is 0. The first-order valence-corrected chi connectivity index (χ1v) is 0. The average Bonchev–Trinajstić information content (AvgIpc) is 0. The Labute approximate surface area is 238 Å². The molecular weight excluding hydrogens is 751 g/mol. The van der Waals surface area contributed by atoms with Crippen LogP contribution < -0.4 is 0 Å². The molecular formula is H6Al2B2Ga2In2O11Zn2. The van der Waals surface area contributed by atoms with Gasteiger partial charge in [0, 0.05) is 0 Å². The van der Waals surface area contributed by atoms with Crippen LogP contribution in [0.1, 0.15) is 0 Å². The molecule has 0 saturated carbocycles. The van der Waals surface area contributed by atoms with Gasteiger partial charge in [0.05, 0.1) is 16.8 Å². The van der Waals surface area contributed by atoms with E-state index in [-0.39, 0.29) is 242 Å². The Kier molecular flexibility index (Phi) is 17700.